The molecule has 0 unspecified atom stereocenters. The van der Waals surface area contributed by atoms with Gasteiger partial charge < -0.3 is 9.47 Å². The van der Waals surface area contributed by atoms with Crippen molar-refractivity contribution < 1.29 is 28.7 Å². The third-order valence-corrected chi connectivity index (χ3v) is 5.26. The summed E-state index contributed by atoms with van der Waals surface area (Å²) < 4.78 is 11.0. The molecule has 2 aromatic rings. The number of imide groups is 1. The molecule has 2 amide bonds. The van der Waals surface area contributed by atoms with Crippen LogP contribution in [0.15, 0.2) is 36.4 Å². The Morgan fingerprint density at radius 2 is 1.66 bits per heavy atom. The molecule has 168 valence electrons. The smallest absolute Gasteiger partial charge is 0.338 e. The number of hydrogen-bond acceptors (Lipinski definition) is 6. The lowest BCUT2D eigenvalue weighted by Gasteiger charge is -2.14. The van der Waals surface area contributed by atoms with Crippen LogP contribution in [0.1, 0.15) is 81.1 Å². The summed E-state index contributed by atoms with van der Waals surface area (Å²) >= 11 is 0. The number of carbonyl (C=O) groups excluding carboxylic acids is 4. The minimum absolute atomic E-state index is 0.0975. The van der Waals surface area contributed by atoms with Crippen molar-refractivity contribution in [3.05, 3.63) is 64.2 Å². The van der Waals surface area contributed by atoms with E-state index in [-0.39, 0.29) is 29.4 Å². The lowest BCUT2D eigenvalue weighted by atomic mass is 10.1. The SMILES string of the molecule is CCOc1ccc(C(C)=O)cc1COC(=O)c1ccc2c(c1)C(=O)N(CCC(C)C)C2=O. The summed E-state index contributed by atoms with van der Waals surface area (Å²) in [7, 11) is 0. The monoisotopic (exact) mass is 437 g/mol. The van der Waals surface area contributed by atoms with E-state index in [9.17, 15) is 19.2 Å². The Morgan fingerprint density at radius 3 is 2.31 bits per heavy atom. The zero-order valence-electron chi connectivity index (χ0n) is 18.8. The topological polar surface area (TPSA) is 90.0 Å². The molecule has 0 aliphatic carbocycles. The fourth-order valence-electron chi connectivity index (χ4n) is 3.44. The van der Waals surface area contributed by atoms with Gasteiger partial charge in [-0.2, -0.15) is 0 Å². The molecule has 0 saturated heterocycles. The second-order valence-corrected chi connectivity index (χ2v) is 8.09. The van der Waals surface area contributed by atoms with E-state index in [1.807, 2.05) is 20.8 Å². The number of carbonyl (C=O) groups is 4. The average molecular weight is 437 g/mol. The molecule has 0 saturated carbocycles. The van der Waals surface area contributed by atoms with E-state index in [1.54, 1.807) is 18.2 Å². The van der Waals surface area contributed by atoms with Crippen LogP contribution in [-0.4, -0.2) is 41.6 Å². The minimum Gasteiger partial charge on any atom is -0.493 e. The third kappa shape index (κ3) is 4.88. The first-order valence-electron chi connectivity index (χ1n) is 10.7. The highest BCUT2D eigenvalue weighted by Crippen LogP contribution is 2.26. The molecule has 0 radical (unpaired) electrons. The standard InChI is InChI=1S/C25H27NO6/c1-5-31-22-9-7-17(16(4)27)12-19(22)14-32-25(30)18-6-8-20-21(13-18)24(29)26(23(20)28)11-10-15(2)3/h6-9,12-13,15H,5,10-11,14H2,1-4H3. The van der Waals surface area contributed by atoms with Gasteiger partial charge >= 0.3 is 5.97 Å². The predicted molar refractivity (Wildman–Crippen MR) is 118 cm³/mol. The number of amides is 2. The van der Waals surface area contributed by atoms with Gasteiger partial charge in [0, 0.05) is 17.7 Å². The van der Waals surface area contributed by atoms with Crippen LogP contribution in [-0.2, 0) is 11.3 Å². The molecule has 0 N–H and O–H groups in total. The van der Waals surface area contributed by atoms with E-state index in [0.29, 0.717) is 47.9 Å². The van der Waals surface area contributed by atoms with Gasteiger partial charge in [0.25, 0.3) is 11.8 Å². The highest BCUT2D eigenvalue weighted by atomic mass is 16.5. The molecule has 7 heteroatoms. The van der Waals surface area contributed by atoms with Crippen molar-refractivity contribution >= 4 is 23.6 Å². The maximum Gasteiger partial charge on any atom is 0.338 e. The molecule has 2 aromatic carbocycles. The second kappa shape index (κ2) is 9.77. The van der Waals surface area contributed by atoms with Crippen LogP contribution in [0.5, 0.6) is 5.75 Å². The van der Waals surface area contributed by atoms with Gasteiger partial charge in [0.05, 0.1) is 23.3 Å². The van der Waals surface area contributed by atoms with E-state index in [4.69, 9.17) is 9.47 Å². The van der Waals surface area contributed by atoms with Crippen molar-refractivity contribution in [2.45, 2.75) is 40.7 Å². The van der Waals surface area contributed by atoms with E-state index >= 15 is 0 Å². The lowest BCUT2D eigenvalue weighted by Crippen LogP contribution is -2.31. The van der Waals surface area contributed by atoms with Gasteiger partial charge in [-0.1, -0.05) is 13.8 Å². The van der Waals surface area contributed by atoms with Crippen molar-refractivity contribution in [1.29, 1.82) is 0 Å². The molecular formula is C25H27NO6. The van der Waals surface area contributed by atoms with Crippen LogP contribution in [0, 0.1) is 5.92 Å². The lowest BCUT2D eigenvalue weighted by molar-refractivity contribution is 0.0469. The molecule has 0 spiro atoms. The first-order chi connectivity index (χ1) is 15.2. The Balaban J connectivity index is 1.76. The number of esters is 1. The van der Waals surface area contributed by atoms with Crippen molar-refractivity contribution in [3.63, 3.8) is 0 Å². The molecule has 32 heavy (non-hydrogen) atoms. The summed E-state index contributed by atoms with van der Waals surface area (Å²) in [5.41, 5.74) is 1.74. The third-order valence-electron chi connectivity index (χ3n) is 5.26. The number of ether oxygens (including phenoxy) is 2. The summed E-state index contributed by atoms with van der Waals surface area (Å²) in [4.78, 5) is 50.8. The molecular weight excluding hydrogens is 410 g/mol. The van der Waals surface area contributed by atoms with Crippen molar-refractivity contribution in [2.24, 2.45) is 5.92 Å². The molecule has 0 fully saturated rings. The van der Waals surface area contributed by atoms with Gasteiger partial charge in [-0.25, -0.2) is 4.79 Å². The molecule has 1 aliphatic rings. The fraction of sp³-hybridized carbons (Fsp3) is 0.360. The maximum absolute atomic E-state index is 12.7. The van der Waals surface area contributed by atoms with Crippen LogP contribution in [0.2, 0.25) is 0 Å². The van der Waals surface area contributed by atoms with Gasteiger partial charge in [0.2, 0.25) is 0 Å². The van der Waals surface area contributed by atoms with Gasteiger partial charge in [0.15, 0.2) is 5.78 Å². The second-order valence-electron chi connectivity index (χ2n) is 8.09. The first kappa shape index (κ1) is 23.2. The van der Waals surface area contributed by atoms with Crippen molar-refractivity contribution in [2.75, 3.05) is 13.2 Å². The number of ketones is 1. The summed E-state index contributed by atoms with van der Waals surface area (Å²) in [5.74, 6) is -0.594. The Bertz CT molecular complexity index is 1070. The van der Waals surface area contributed by atoms with Crippen LogP contribution >= 0.6 is 0 Å². The zero-order chi connectivity index (χ0) is 23.4. The average Bonchev–Trinajstić information content (AvgIpc) is 3.00. The van der Waals surface area contributed by atoms with Gasteiger partial charge in [-0.15, -0.1) is 0 Å². The largest absolute Gasteiger partial charge is 0.493 e. The fourth-order valence-corrected chi connectivity index (χ4v) is 3.44. The summed E-state index contributed by atoms with van der Waals surface area (Å²) in [6, 6.07) is 9.35. The summed E-state index contributed by atoms with van der Waals surface area (Å²) in [5, 5.41) is 0. The number of rotatable bonds is 9. The predicted octanol–water partition coefficient (Wildman–Crippen LogP) is 4.29. The molecule has 1 aliphatic heterocycles. The van der Waals surface area contributed by atoms with E-state index in [2.05, 4.69) is 0 Å². The molecule has 0 bridgehead atoms. The van der Waals surface area contributed by atoms with Crippen LogP contribution in [0.3, 0.4) is 0 Å². The van der Waals surface area contributed by atoms with Crippen LogP contribution in [0.4, 0.5) is 0 Å². The minimum atomic E-state index is -0.635. The van der Waals surface area contributed by atoms with Crippen molar-refractivity contribution in [3.8, 4) is 5.75 Å². The number of Topliss-reactive ketones (excluding diaryl/α,β-unsaturated/α-hetero) is 1. The van der Waals surface area contributed by atoms with Gasteiger partial charge in [-0.3, -0.25) is 19.3 Å². The Labute approximate surface area is 187 Å². The number of fused-ring (bicyclic) bond motifs is 1. The zero-order valence-corrected chi connectivity index (χ0v) is 18.8. The molecule has 0 aromatic heterocycles. The Hall–Kier alpha value is -3.48. The maximum atomic E-state index is 12.7. The van der Waals surface area contributed by atoms with Crippen molar-refractivity contribution in [1.82, 2.24) is 4.90 Å². The van der Waals surface area contributed by atoms with Crippen LogP contribution in [0.25, 0.3) is 0 Å². The van der Waals surface area contributed by atoms with Gasteiger partial charge in [-0.05, 0) is 62.6 Å². The number of hydrogen-bond donors (Lipinski definition) is 0. The molecule has 1 heterocycles. The van der Waals surface area contributed by atoms with Crippen LogP contribution < -0.4 is 4.74 Å². The Morgan fingerprint density at radius 1 is 0.969 bits per heavy atom. The quantitative estimate of drug-likeness (QED) is 0.330. The van der Waals surface area contributed by atoms with E-state index in [0.717, 1.165) is 0 Å². The molecule has 0 atom stereocenters. The number of benzene rings is 2. The first-order valence-corrected chi connectivity index (χ1v) is 10.7. The highest BCUT2D eigenvalue weighted by Gasteiger charge is 2.35. The van der Waals surface area contributed by atoms with Gasteiger partial charge in [0.1, 0.15) is 12.4 Å². The molecule has 7 nitrogen and oxygen atoms in total. The highest BCUT2D eigenvalue weighted by molar-refractivity contribution is 6.21. The van der Waals surface area contributed by atoms with E-state index < -0.39 is 11.9 Å². The number of nitrogens with zero attached hydrogens (tertiary/aromatic N) is 1. The summed E-state index contributed by atoms with van der Waals surface area (Å²) in [6.45, 7) is 8.01. The van der Waals surface area contributed by atoms with E-state index in [1.165, 1.54) is 30.0 Å². The molecule has 3 rings (SSSR count). The summed E-state index contributed by atoms with van der Waals surface area (Å²) in [6.07, 6.45) is 0.710. The Kier molecular flexibility index (Phi) is 7.08. The normalized spacial score (nSPS) is 12.8.